The fourth-order valence-corrected chi connectivity index (χ4v) is 1.80. The molecule has 7 heteroatoms. The van der Waals surface area contributed by atoms with Crippen LogP contribution in [0.1, 0.15) is 23.7 Å². The van der Waals surface area contributed by atoms with Gasteiger partial charge in [-0.1, -0.05) is 30.1 Å². The SMILES string of the molecule is CC[C@@H](N)C(=O)Nc1c(Cl)cc(C(=O)O)cc1Cl. The minimum atomic E-state index is -1.15. The molecule has 0 aliphatic heterocycles. The molecule has 1 aromatic carbocycles. The van der Waals surface area contributed by atoms with Gasteiger partial charge in [0.25, 0.3) is 0 Å². The minimum Gasteiger partial charge on any atom is -0.478 e. The zero-order valence-corrected chi connectivity index (χ0v) is 11.0. The molecule has 0 saturated heterocycles. The van der Waals surface area contributed by atoms with E-state index in [0.29, 0.717) is 6.42 Å². The van der Waals surface area contributed by atoms with Crippen molar-refractivity contribution in [2.24, 2.45) is 5.73 Å². The van der Waals surface area contributed by atoms with Gasteiger partial charge in [0.2, 0.25) is 5.91 Å². The standard InChI is InChI=1S/C11H12Cl2N2O3/c1-2-8(14)10(16)15-9-6(12)3-5(11(17)18)4-7(9)13/h3-4,8H,2,14H2,1H3,(H,15,16)(H,17,18)/t8-/m1/s1. The van der Waals surface area contributed by atoms with Crippen molar-refractivity contribution in [2.75, 3.05) is 5.32 Å². The Labute approximate surface area is 114 Å². The molecule has 1 atom stereocenters. The van der Waals surface area contributed by atoms with E-state index in [0.717, 1.165) is 0 Å². The fraction of sp³-hybridized carbons (Fsp3) is 0.273. The zero-order chi connectivity index (χ0) is 13.9. The van der Waals surface area contributed by atoms with E-state index in [1.54, 1.807) is 6.92 Å². The summed E-state index contributed by atoms with van der Waals surface area (Å²) in [5.41, 5.74) is 5.66. The normalized spacial score (nSPS) is 12.0. The van der Waals surface area contributed by atoms with Crippen LogP contribution in [0.4, 0.5) is 5.69 Å². The number of aromatic carboxylic acids is 1. The van der Waals surface area contributed by atoms with Gasteiger partial charge >= 0.3 is 5.97 Å². The van der Waals surface area contributed by atoms with E-state index in [1.807, 2.05) is 0 Å². The van der Waals surface area contributed by atoms with Crippen molar-refractivity contribution in [2.45, 2.75) is 19.4 Å². The predicted octanol–water partition coefficient (Wildman–Crippen LogP) is 2.37. The lowest BCUT2D eigenvalue weighted by atomic mass is 10.2. The number of hydrogen-bond acceptors (Lipinski definition) is 3. The van der Waals surface area contributed by atoms with Crippen LogP contribution in [-0.4, -0.2) is 23.0 Å². The fourth-order valence-electron chi connectivity index (χ4n) is 1.22. The molecule has 0 saturated carbocycles. The molecule has 1 rings (SSSR count). The maximum atomic E-state index is 11.6. The first kappa shape index (κ1) is 14.8. The summed E-state index contributed by atoms with van der Waals surface area (Å²) in [5.74, 6) is -1.58. The van der Waals surface area contributed by atoms with Crippen molar-refractivity contribution in [1.82, 2.24) is 0 Å². The Hall–Kier alpha value is -1.30. The number of carboxylic acid groups (broad SMARTS) is 1. The summed E-state index contributed by atoms with van der Waals surface area (Å²) >= 11 is 11.7. The topological polar surface area (TPSA) is 92.4 Å². The Bertz CT molecular complexity index is 468. The maximum Gasteiger partial charge on any atom is 0.335 e. The molecule has 0 aromatic heterocycles. The smallest absolute Gasteiger partial charge is 0.335 e. The molecule has 5 nitrogen and oxygen atoms in total. The number of carboxylic acids is 1. The summed E-state index contributed by atoms with van der Waals surface area (Å²) in [5, 5.41) is 11.4. The lowest BCUT2D eigenvalue weighted by Gasteiger charge is -2.13. The molecule has 0 aliphatic rings. The van der Waals surface area contributed by atoms with Crippen LogP contribution in [0.15, 0.2) is 12.1 Å². The van der Waals surface area contributed by atoms with Crippen LogP contribution >= 0.6 is 23.2 Å². The van der Waals surface area contributed by atoms with Gasteiger partial charge in [0.15, 0.2) is 0 Å². The van der Waals surface area contributed by atoms with E-state index < -0.39 is 17.9 Å². The number of nitrogens with two attached hydrogens (primary N) is 1. The number of benzene rings is 1. The quantitative estimate of drug-likeness (QED) is 0.794. The molecule has 0 heterocycles. The Morgan fingerprint density at radius 1 is 1.39 bits per heavy atom. The van der Waals surface area contributed by atoms with Crippen molar-refractivity contribution < 1.29 is 14.7 Å². The summed E-state index contributed by atoms with van der Waals surface area (Å²) in [4.78, 5) is 22.4. The van der Waals surface area contributed by atoms with Gasteiger partial charge in [-0.25, -0.2) is 4.79 Å². The Balaban J connectivity index is 3.04. The van der Waals surface area contributed by atoms with Crippen LogP contribution in [-0.2, 0) is 4.79 Å². The zero-order valence-electron chi connectivity index (χ0n) is 9.54. The maximum absolute atomic E-state index is 11.6. The molecule has 1 amide bonds. The Morgan fingerprint density at radius 2 is 1.89 bits per heavy atom. The van der Waals surface area contributed by atoms with Gasteiger partial charge in [-0.15, -0.1) is 0 Å². The second-order valence-corrected chi connectivity index (χ2v) is 4.44. The number of nitrogens with one attached hydrogen (secondary N) is 1. The lowest BCUT2D eigenvalue weighted by Crippen LogP contribution is -2.35. The first-order chi connectivity index (χ1) is 8.36. The monoisotopic (exact) mass is 290 g/mol. The van der Waals surface area contributed by atoms with Crippen molar-refractivity contribution in [1.29, 1.82) is 0 Å². The van der Waals surface area contributed by atoms with Crippen LogP contribution in [0.5, 0.6) is 0 Å². The van der Waals surface area contributed by atoms with Crippen LogP contribution < -0.4 is 11.1 Å². The van der Waals surface area contributed by atoms with E-state index in [4.69, 9.17) is 34.0 Å². The number of carbonyl (C=O) groups is 2. The van der Waals surface area contributed by atoms with Gasteiger partial charge in [-0.3, -0.25) is 4.79 Å². The molecule has 4 N–H and O–H groups in total. The first-order valence-electron chi connectivity index (χ1n) is 5.15. The molecular formula is C11H12Cl2N2O3. The second-order valence-electron chi connectivity index (χ2n) is 3.62. The van der Waals surface area contributed by atoms with Crippen molar-refractivity contribution >= 4 is 40.8 Å². The van der Waals surface area contributed by atoms with Crippen molar-refractivity contribution in [3.8, 4) is 0 Å². The highest BCUT2D eigenvalue weighted by molar-refractivity contribution is 6.40. The molecule has 0 bridgehead atoms. The largest absolute Gasteiger partial charge is 0.478 e. The second kappa shape index (κ2) is 6.04. The number of halogens is 2. The van der Waals surface area contributed by atoms with Crippen molar-refractivity contribution in [3.63, 3.8) is 0 Å². The molecule has 1 aromatic rings. The summed E-state index contributed by atoms with van der Waals surface area (Å²) < 4.78 is 0. The molecule has 18 heavy (non-hydrogen) atoms. The highest BCUT2D eigenvalue weighted by Gasteiger charge is 2.17. The Kier molecular flexibility index (Phi) is 4.95. The van der Waals surface area contributed by atoms with Gasteiger partial charge < -0.3 is 16.2 Å². The molecule has 0 unspecified atom stereocenters. The third-order valence-electron chi connectivity index (χ3n) is 2.31. The predicted molar refractivity (Wildman–Crippen MR) is 70.3 cm³/mol. The summed E-state index contributed by atoms with van der Waals surface area (Å²) in [6, 6.07) is 1.75. The van der Waals surface area contributed by atoms with Gasteiger partial charge in [0.1, 0.15) is 0 Å². The number of hydrogen-bond donors (Lipinski definition) is 3. The average Bonchev–Trinajstić information content (AvgIpc) is 2.31. The van der Waals surface area contributed by atoms with Crippen LogP contribution in [0.3, 0.4) is 0 Å². The highest BCUT2D eigenvalue weighted by Crippen LogP contribution is 2.32. The van der Waals surface area contributed by atoms with Gasteiger partial charge in [-0.2, -0.15) is 0 Å². The van der Waals surface area contributed by atoms with E-state index in [9.17, 15) is 9.59 Å². The molecule has 0 spiro atoms. The highest BCUT2D eigenvalue weighted by atomic mass is 35.5. The molecule has 0 aliphatic carbocycles. The number of carbonyl (C=O) groups excluding carboxylic acids is 1. The number of amides is 1. The lowest BCUT2D eigenvalue weighted by molar-refractivity contribution is -0.117. The van der Waals surface area contributed by atoms with E-state index in [1.165, 1.54) is 12.1 Å². The minimum absolute atomic E-state index is 0.0524. The molecule has 0 radical (unpaired) electrons. The molecule has 98 valence electrons. The van der Waals surface area contributed by atoms with Gasteiger partial charge in [0.05, 0.1) is 27.3 Å². The first-order valence-corrected chi connectivity index (χ1v) is 5.91. The van der Waals surface area contributed by atoms with Gasteiger partial charge in [0, 0.05) is 0 Å². The number of anilines is 1. The van der Waals surface area contributed by atoms with E-state index in [2.05, 4.69) is 5.32 Å². The van der Waals surface area contributed by atoms with Gasteiger partial charge in [-0.05, 0) is 18.6 Å². The Morgan fingerprint density at radius 3 is 2.28 bits per heavy atom. The summed E-state index contributed by atoms with van der Waals surface area (Å²) in [6.45, 7) is 1.76. The third kappa shape index (κ3) is 3.35. The summed E-state index contributed by atoms with van der Waals surface area (Å²) in [6.07, 6.45) is 0.467. The molecule has 0 fully saturated rings. The van der Waals surface area contributed by atoms with Crippen LogP contribution in [0.2, 0.25) is 10.0 Å². The summed E-state index contributed by atoms with van der Waals surface area (Å²) in [7, 11) is 0. The van der Waals surface area contributed by atoms with Crippen LogP contribution in [0, 0.1) is 0 Å². The van der Waals surface area contributed by atoms with Crippen LogP contribution in [0.25, 0.3) is 0 Å². The molecular weight excluding hydrogens is 279 g/mol. The third-order valence-corrected chi connectivity index (χ3v) is 2.91. The average molecular weight is 291 g/mol. The van der Waals surface area contributed by atoms with E-state index >= 15 is 0 Å². The number of rotatable bonds is 4. The van der Waals surface area contributed by atoms with Crippen molar-refractivity contribution in [3.05, 3.63) is 27.7 Å². The van der Waals surface area contributed by atoms with E-state index in [-0.39, 0.29) is 21.3 Å².